The van der Waals surface area contributed by atoms with Gasteiger partial charge in [0.25, 0.3) is 0 Å². The van der Waals surface area contributed by atoms with Crippen LogP contribution in [0.4, 0.5) is 0 Å². The van der Waals surface area contributed by atoms with Gasteiger partial charge in [0.2, 0.25) is 5.78 Å². The molecule has 0 aliphatic carbocycles. The molecule has 0 spiro atoms. The molecule has 158 valence electrons. The Morgan fingerprint density at radius 1 is 0.733 bits per heavy atom. The van der Waals surface area contributed by atoms with E-state index in [1.165, 1.54) is 6.92 Å². The maximum Gasteiger partial charge on any atom is 0.365 e. The van der Waals surface area contributed by atoms with Gasteiger partial charge in [0.15, 0.2) is 0 Å². The molecule has 0 aliphatic heterocycles. The standard InChI is InChI=1S/C16H13NO3.C7H13NO2/c1-12(15(18)13-8-4-2-5-9-13)17-20-16(19)14-10-6-3-7-11-14;1-4-6(3)8-10-7(9)5-2/h2-11H,1H3;4-5H2,1-3H3. The predicted molar refractivity (Wildman–Crippen MR) is 116 cm³/mol. The van der Waals surface area contributed by atoms with E-state index in [0.717, 1.165) is 12.1 Å². The number of hydrogen-bond acceptors (Lipinski definition) is 7. The van der Waals surface area contributed by atoms with Crippen molar-refractivity contribution in [3.63, 3.8) is 0 Å². The number of Topliss-reactive ketones (excluding diaryl/α,β-unsaturated/α-hetero) is 1. The first-order valence-electron chi connectivity index (χ1n) is 9.53. The van der Waals surface area contributed by atoms with Gasteiger partial charge in [0.1, 0.15) is 5.71 Å². The molecule has 2 aromatic carbocycles. The van der Waals surface area contributed by atoms with Gasteiger partial charge in [0.05, 0.1) is 11.3 Å². The molecule has 0 aromatic heterocycles. The smallest absolute Gasteiger partial charge is 0.318 e. The lowest BCUT2D eigenvalue weighted by Gasteiger charge is -2.01. The van der Waals surface area contributed by atoms with Crippen LogP contribution in [0, 0.1) is 0 Å². The fourth-order valence-electron chi connectivity index (χ4n) is 1.83. The van der Waals surface area contributed by atoms with E-state index in [4.69, 9.17) is 4.84 Å². The first-order valence-corrected chi connectivity index (χ1v) is 9.53. The lowest BCUT2D eigenvalue weighted by Crippen LogP contribution is -2.12. The lowest BCUT2D eigenvalue weighted by atomic mass is 10.1. The van der Waals surface area contributed by atoms with Gasteiger partial charge < -0.3 is 9.68 Å². The van der Waals surface area contributed by atoms with E-state index in [1.54, 1.807) is 61.5 Å². The van der Waals surface area contributed by atoms with E-state index in [9.17, 15) is 14.4 Å². The summed E-state index contributed by atoms with van der Waals surface area (Å²) < 4.78 is 0. The zero-order valence-electron chi connectivity index (χ0n) is 17.6. The van der Waals surface area contributed by atoms with Gasteiger partial charge in [-0.05, 0) is 32.4 Å². The molecule has 0 heterocycles. The van der Waals surface area contributed by atoms with Crippen LogP contribution in [0.15, 0.2) is 71.0 Å². The molecular weight excluding hydrogens is 384 g/mol. The number of ketones is 1. The molecule has 0 saturated carbocycles. The molecule has 7 heteroatoms. The van der Waals surface area contributed by atoms with E-state index in [1.807, 2.05) is 19.9 Å². The van der Waals surface area contributed by atoms with Crippen molar-refractivity contribution in [2.75, 3.05) is 0 Å². The van der Waals surface area contributed by atoms with Crippen molar-refractivity contribution >= 4 is 29.1 Å². The summed E-state index contributed by atoms with van der Waals surface area (Å²) in [4.78, 5) is 43.4. The van der Waals surface area contributed by atoms with Crippen LogP contribution in [0.1, 0.15) is 61.3 Å². The molecule has 0 N–H and O–H groups in total. The third kappa shape index (κ3) is 9.05. The summed E-state index contributed by atoms with van der Waals surface area (Å²) in [6.45, 7) is 7.02. The number of rotatable bonds is 7. The van der Waals surface area contributed by atoms with Crippen molar-refractivity contribution < 1.29 is 24.1 Å². The van der Waals surface area contributed by atoms with Crippen LogP contribution >= 0.6 is 0 Å². The molecule has 30 heavy (non-hydrogen) atoms. The highest BCUT2D eigenvalue weighted by Gasteiger charge is 2.11. The zero-order chi connectivity index (χ0) is 22.4. The Bertz CT molecular complexity index is 890. The summed E-state index contributed by atoms with van der Waals surface area (Å²) in [5.74, 6) is -1.15. The first-order chi connectivity index (χ1) is 14.4. The largest absolute Gasteiger partial charge is 0.365 e. The second kappa shape index (κ2) is 13.5. The van der Waals surface area contributed by atoms with Gasteiger partial charge >= 0.3 is 11.9 Å². The second-order valence-corrected chi connectivity index (χ2v) is 6.11. The number of oxime groups is 2. The van der Waals surface area contributed by atoms with Gasteiger partial charge in [-0.1, -0.05) is 72.7 Å². The fourth-order valence-corrected chi connectivity index (χ4v) is 1.83. The Hall–Kier alpha value is -3.61. The summed E-state index contributed by atoms with van der Waals surface area (Å²) >= 11 is 0. The summed E-state index contributed by atoms with van der Waals surface area (Å²) in [5, 5.41) is 7.17. The number of benzene rings is 2. The molecule has 0 bridgehead atoms. The van der Waals surface area contributed by atoms with E-state index >= 15 is 0 Å². The third-order valence-electron chi connectivity index (χ3n) is 3.74. The van der Waals surface area contributed by atoms with E-state index < -0.39 is 5.97 Å². The molecule has 0 atom stereocenters. The Morgan fingerprint density at radius 2 is 1.27 bits per heavy atom. The highest BCUT2D eigenvalue weighted by molar-refractivity contribution is 6.45. The normalized spacial score (nSPS) is 11.1. The third-order valence-corrected chi connectivity index (χ3v) is 3.74. The second-order valence-electron chi connectivity index (χ2n) is 6.11. The van der Waals surface area contributed by atoms with Crippen molar-refractivity contribution in [2.24, 2.45) is 10.3 Å². The minimum absolute atomic E-state index is 0.125. The minimum atomic E-state index is -0.592. The van der Waals surface area contributed by atoms with Crippen molar-refractivity contribution in [2.45, 2.75) is 40.5 Å². The molecule has 0 saturated heterocycles. The summed E-state index contributed by atoms with van der Waals surface area (Å²) in [7, 11) is 0. The van der Waals surface area contributed by atoms with Crippen LogP contribution < -0.4 is 0 Å². The summed E-state index contributed by atoms with van der Waals surface area (Å²) in [6, 6.07) is 17.2. The molecule has 0 aliphatic rings. The molecule has 7 nitrogen and oxygen atoms in total. The van der Waals surface area contributed by atoms with Gasteiger partial charge in [-0.15, -0.1) is 0 Å². The van der Waals surface area contributed by atoms with Gasteiger partial charge in [-0.3, -0.25) is 4.79 Å². The van der Waals surface area contributed by atoms with Crippen LogP contribution in [-0.2, 0) is 14.5 Å². The monoisotopic (exact) mass is 410 g/mol. The Balaban J connectivity index is 0.000000382. The Kier molecular flexibility index (Phi) is 11.0. The minimum Gasteiger partial charge on any atom is -0.318 e. The van der Waals surface area contributed by atoms with E-state index in [0.29, 0.717) is 17.5 Å². The molecule has 0 unspecified atom stereocenters. The van der Waals surface area contributed by atoms with Crippen molar-refractivity contribution in [3.05, 3.63) is 71.8 Å². The first kappa shape index (κ1) is 24.4. The predicted octanol–water partition coefficient (Wildman–Crippen LogP) is 4.83. The average Bonchev–Trinajstić information content (AvgIpc) is 2.81. The summed E-state index contributed by atoms with van der Waals surface area (Å²) in [5.41, 5.74) is 1.85. The van der Waals surface area contributed by atoms with Crippen molar-refractivity contribution in [3.8, 4) is 0 Å². The highest BCUT2D eigenvalue weighted by atomic mass is 16.7. The molecule has 2 rings (SSSR count). The van der Waals surface area contributed by atoms with E-state index in [-0.39, 0.29) is 17.5 Å². The topological polar surface area (TPSA) is 94.4 Å². The molecule has 2 aromatic rings. The lowest BCUT2D eigenvalue weighted by molar-refractivity contribution is -0.143. The Labute approximate surface area is 176 Å². The van der Waals surface area contributed by atoms with Crippen LogP contribution in [0.2, 0.25) is 0 Å². The molecule has 0 amide bonds. The molecule has 0 fully saturated rings. The van der Waals surface area contributed by atoms with Crippen LogP contribution in [0.5, 0.6) is 0 Å². The Morgan fingerprint density at radius 3 is 1.77 bits per heavy atom. The number of nitrogens with zero attached hydrogens (tertiary/aromatic N) is 2. The number of carbonyl (C=O) groups excluding carboxylic acids is 3. The highest BCUT2D eigenvalue weighted by Crippen LogP contribution is 2.04. The quantitative estimate of drug-likeness (QED) is 0.282. The molecule has 0 radical (unpaired) electrons. The van der Waals surface area contributed by atoms with Crippen LogP contribution in [-0.4, -0.2) is 29.1 Å². The summed E-state index contributed by atoms with van der Waals surface area (Å²) in [6.07, 6.45) is 1.19. The van der Waals surface area contributed by atoms with Crippen LogP contribution in [0.3, 0.4) is 0 Å². The fraction of sp³-hybridized carbons (Fsp3) is 0.261. The maximum atomic E-state index is 12.0. The van der Waals surface area contributed by atoms with Gasteiger partial charge in [-0.2, -0.15) is 0 Å². The van der Waals surface area contributed by atoms with Gasteiger partial charge in [-0.25, -0.2) is 9.59 Å². The maximum absolute atomic E-state index is 12.0. The van der Waals surface area contributed by atoms with E-state index in [2.05, 4.69) is 15.1 Å². The number of carbonyl (C=O) groups is 3. The van der Waals surface area contributed by atoms with Crippen LogP contribution in [0.25, 0.3) is 0 Å². The van der Waals surface area contributed by atoms with Crippen molar-refractivity contribution in [1.29, 1.82) is 0 Å². The van der Waals surface area contributed by atoms with Crippen molar-refractivity contribution in [1.82, 2.24) is 0 Å². The number of hydrogen-bond donors (Lipinski definition) is 0. The molecular formula is C23H26N2O5. The van der Waals surface area contributed by atoms with Gasteiger partial charge in [0, 0.05) is 12.0 Å². The SMILES string of the molecule is CC(=NOC(=O)c1ccccc1)C(=O)c1ccccc1.CCC(=O)ON=C(C)CC. The average molecular weight is 410 g/mol. The zero-order valence-corrected chi connectivity index (χ0v) is 17.6.